The van der Waals surface area contributed by atoms with Crippen molar-refractivity contribution in [1.29, 1.82) is 0 Å². The van der Waals surface area contributed by atoms with Crippen molar-refractivity contribution in [3.8, 4) is 0 Å². The molecule has 1 nitrogen and oxygen atoms in total. The van der Waals surface area contributed by atoms with Crippen LogP contribution in [0.2, 0.25) is 0 Å². The number of benzene rings is 2. The van der Waals surface area contributed by atoms with Gasteiger partial charge in [-0.05, 0) is 37.3 Å². The summed E-state index contributed by atoms with van der Waals surface area (Å²) >= 11 is 4.98. The van der Waals surface area contributed by atoms with Crippen LogP contribution in [-0.2, 0) is 0 Å². The summed E-state index contributed by atoms with van der Waals surface area (Å²) < 4.78 is 14.5. The molecule has 4 heteroatoms. The van der Waals surface area contributed by atoms with Crippen molar-refractivity contribution in [2.24, 2.45) is 5.73 Å². The molecule has 0 spiro atoms. The van der Waals surface area contributed by atoms with Crippen molar-refractivity contribution < 1.29 is 4.39 Å². The van der Waals surface area contributed by atoms with Gasteiger partial charge in [-0.1, -0.05) is 33.6 Å². The summed E-state index contributed by atoms with van der Waals surface area (Å²) in [5.41, 5.74) is 7.84. The first-order chi connectivity index (χ1) is 9.06. The summed E-state index contributed by atoms with van der Waals surface area (Å²) in [6, 6.07) is 12.8. The van der Waals surface area contributed by atoms with Gasteiger partial charge in [0.1, 0.15) is 5.82 Å². The van der Waals surface area contributed by atoms with E-state index in [1.807, 2.05) is 0 Å². The van der Waals surface area contributed by atoms with Crippen LogP contribution in [-0.4, -0.2) is 5.75 Å². The normalized spacial score (nSPS) is 12.4. The quantitative estimate of drug-likeness (QED) is 0.817. The van der Waals surface area contributed by atoms with E-state index in [4.69, 9.17) is 5.73 Å². The lowest BCUT2D eigenvalue weighted by Crippen LogP contribution is -2.14. The van der Waals surface area contributed by atoms with Crippen LogP contribution in [0.5, 0.6) is 0 Å². The molecule has 1 atom stereocenters. The zero-order valence-corrected chi connectivity index (χ0v) is 13.0. The molecule has 0 fully saturated rings. The molecule has 100 valence electrons. The van der Waals surface area contributed by atoms with Gasteiger partial charge in [0.15, 0.2) is 0 Å². The third-order valence-corrected chi connectivity index (χ3v) is 4.43. The van der Waals surface area contributed by atoms with Gasteiger partial charge in [0, 0.05) is 26.7 Å². The molecule has 0 saturated carbocycles. The Kier molecular flexibility index (Phi) is 5.02. The largest absolute Gasteiger partial charge is 0.323 e. The van der Waals surface area contributed by atoms with Crippen LogP contribution in [0.15, 0.2) is 51.8 Å². The van der Waals surface area contributed by atoms with Crippen LogP contribution in [0.4, 0.5) is 4.39 Å². The first kappa shape index (κ1) is 14.6. The van der Waals surface area contributed by atoms with Crippen LogP contribution in [0.25, 0.3) is 0 Å². The fourth-order valence-corrected chi connectivity index (χ4v) is 2.97. The second kappa shape index (κ2) is 6.55. The van der Waals surface area contributed by atoms with Crippen LogP contribution in [0.1, 0.15) is 17.2 Å². The molecule has 0 bridgehead atoms. The molecule has 0 heterocycles. The zero-order chi connectivity index (χ0) is 13.8. The van der Waals surface area contributed by atoms with Crippen LogP contribution in [0, 0.1) is 12.7 Å². The topological polar surface area (TPSA) is 26.0 Å². The Morgan fingerprint density at radius 3 is 2.58 bits per heavy atom. The minimum Gasteiger partial charge on any atom is -0.323 e. The minimum absolute atomic E-state index is 0.250. The van der Waals surface area contributed by atoms with Gasteiger partial charge < -0.3 is 5.73 Å². The Bertz CT molecular complexity index is 557. The second-order valence-electron chi connectivity index (χ2n) is 4.40. The Hall–Kier alpha value is -0.840. The van der Waals surface area contributed by atoms with E-state index in [0.29, 0.717) is 11.3 Å². The van der Waals surface area contributed by atoms with Gasteiger partial charge in [0.05, 0.1) is 0 Å². The number of nitrogens with two attached hydrogens (primary N) is 1. The van der Waals surface area contributed by atoms with Crippen LogP contribution in [0.3, 0.4) is 0 Å². The Labute approximate surface area is 125 Å². The third kappa shape index (κ3) is 4.06. The molecule has 0 aromatic heterocycles. The van der Waals surface area contributed by atoms with Crippen molar-refractivity contribution in [2.75, 3.05) is 5.75 Å². The maximum Gasteiger partial charge on any atom is 0.128 e. The monoisotopic (exact) mass is 339 g/mol. The molecule has 0 radical (unpaired) electrons. The van der Waals surface area contributed by atoms with Crippen molar-refractivity contribution in [1.82, 2.24) is 0 Å². The highest BCUT2D eigenvalue weighted by molar-refractivity contribution is 9.10. The molecule has 0 saturated heterocycles. The lowest BCUT2D eigenvalue weighted by Gasteiger charge is -2.13. The van der Waals surface area contributed by atoms with E-state index >= 15 is 0 Å². The number of aryl methyl sites for hydroxylation is 1. The van der Waals surface area contributed by atoms with E-state index in [1.54, 1.807) is 23.9 Å². The fourth-order valence-electron chi connectivity index (χ4n) is 1.71. The standard InChI is InChI=1S/C15H15BrFNS/c1-10-2-5-12(6-3-10)19-9-15(18)13-8-11(16)4-7-14(13)17/h2-8,15H,9,18H2,1H3. The lowest BCUT2D eigenvalue weighted by atomic mass is 10.1. The van der Waals surface area contributed by atoms with Crippen molar-refractivity contribution >= 4 is 27.7 Å². The van der Waals surface area contributed by atoms with E-state index in [1.165, 1.54) is 11.6 Å². The molecule has 0 aliphatic carbocycles. The summed E-state index contributed by atoms with van der Waals surface area (Å²) in [5, 5.41) is 0. The summed E-state index contributed by atoms with van der Waals surface area (Å²) in [7, 11) is 0. The SMILES string of the molecule is Cc1ccc(SCC(N)c2cc(Br)ccc2F)cc1. The van der Waals surface area contributed by atoms with Crippen molar-refractivity contribution in [3.05, 3.63) is 63.9 Å². The molecule has 0 aliphatic heterocycles. The highest BCUT2D eigenvalue weighted by Gasteiger charge is 2.12. The summed E-state index contributed by atoms with van der Waals surface area (Å²) in [5.74, 6) is 0.399. The van der Waals surface area contributed by atoms with E-state index in [0.717, 1.165) is 9.37 Å². The number of hydrogen-bond donors (Lipinski definition) is 1. The van der Waals surface area contributed by atoms with Gasteiger partial charge >= 0.3 is 0 Å². The number of thioether (sulfide) groups is 1. The summed E-state index contributed by atoms with van der Waals surface area (Å²) in [6.07, 6.45) is 0. The second-order valence-corrected chi connectivity index (χ2v) is 6.41. The molecular formula is C15H15BrFNS. The van der Waals surface area contributed by atoms with Crippen LogP contribution >= 0.6 is 27.7 Å². The van der Waals surface area contributed by atoms with E-state index in [-0.39, 0.29) is 11.9 Å². The van der Waals surface area contributed by atoms with E-state index < -0.39 is 0 Å². The first-order valence-electron chi connectivity index (χ1n) is 5.96. The molecule has 0 amide bonds. The van der Waals surface area contributed by atoms with Gasteiger partial charge in [0.25, 0.3) is 0 Å². The highest BCUT2D eigenvalue weighted by Crippen LogP contribution is 2.26. The van der Waals surface area contributed by atoms with E-state index in [2.05, 4.69) is 47.1 Å². The predicted octanol–water partition coefficient (Wildman–Crippen LogP) is 4.69. The molecule has 1 unspecified atom stereocenters. The van der Waals surface area contributed by atoms with Crippen molar-refractivity contribution in [2.45, 2.75) is 17.9 Å². The number of halogens is 2. The van der Waals surface area contributed by atoms with Gasteiger partial charge in [-0.25, -0.2) is 4.39 Å². The third-order valence-electron chi connectivity index (χ3n) is 2.81. The Morgan fingerprint density at radius 1 is 1.21 bits per heavy atom. The summed E-state index contributed by atoms with van der Waals surface area (Å²) in [4.78, 5) is 1.15. The molecule has 19 heavy (non-hydrogen) atoms. The average molecular weight is 340 g/mol. The Balaban J connectivity index is 2.03. The number of hydrogen-bond acceptors (Lipinski definition) is 2. The first-order valence-corrected chi connectivity index (χ1v) is 7.74. The molecule has 2 aromatic carbocycles. The fraction of sp³-hybridized carbons (Fsp3) is 0.200. The lowest BCUT2D eigenvalue weighted by molar-refractivity contribution is 0.595. The highest BCUT2D eigenvalue weighted by atomic mass is 79.9. The molecule has 2 aromatic rings. The van der Waals surface area contributed by atoms with Gasteiger partial charge in [-0.15, -0.1) is 11.8 Å². The maximum absolute atomic E-state index is 13.7. The Morgan fingerprint density at radius 2 is 1.89 bits per heavy atom. The van der Waals surface area contributed by atoms with Gasteiger partial charge in [0.2, 0.25) is 0 Å². The van der Waals surface area contributed by atoms with E-state index in [9.17, 15) is 4.39 Å². The molecule has 2 rings (SSSR count). The molecular weight excluding hydrogens is 325 g/mol. The summed E-state index contributed by atoms with van der Waals surface area (Å²) in [6.45, 7) is 2.05. The maximum atomic E-state index is 13.7. The van der Waals surface area contributed by atoms with Gasteiger partial charge in [-0.3, -0.25) is 0 Å². The average Bonchev–Trinajstić information content (AvgIpc) is 2.40. The van der Waals surface area contributed by atoms with Gasteiger partial charge in [-0.2, -0.15) is 0 Å². The van der Waals surface area contributed by atoms with Crippen molar-refractivity contribution in [3.63, 3.8) is 0 Å². The smallest absolute Gasteiger partial charge is 0.128 e. The molecule has 0 aliphatic rings. The minimum atomic E-state index is -0.316. The predicted molar refractivity (Wildman–Crippen MR) is 82.9 cm³/mol. The molecule has 2 N–H and O–H groups in total. The zero-order valence-electron chi connectivity index (χ0n) is 10.6. The van der Waals surface area contributed by atoms with Crippen LogP contribution < -0.4 is 5.73 Å². The number of rotatable bonds is 4.